The van der Waals surface area contributed by atoms with Crippen LogP contribution < -0.4 is 9.64 Å². The van der Waals surface area contributed by atoms with E-state index in [1.807, 2.05) is 30.6 Å². The number of quaternary nitrogens is 1. The third-order valence-corrected chi connectivity index (χ3v) is 7.30. The Kier molecular flexibility index (Phi) is 7.66. The van der Waals surface area contributed by atoms with Gasteiger partial charge in [0.1, 0.15) is 24.2 Å². The minimum atomic E-state index is -0.544. The number of nitrogens with one attached hydrogen (secondary N) is 1. The number of hydrogen-bond donors (Lipinski definition) is 3. The van der Waals surface area contributed by atoms with Gasteiger partial charge in [-0.3, -0.25) is 14.7 Å². The number of aromatic hydroxyl groups is 1. The van der Waals surface area contributed by atoms with Crippen molar-refractivity contribution in [2.24, 2.45) is 10.4 Å². The summed E-state index contributed by atoms with van der Waals surface area (Å²) < 4.78 is 5.86. The Labute approximate surface area is 196 Å². The fourth-order valence-corrected chi connectivity index (χ4v) is 5.23. The number of allylic oxidation sites excluding steroid dienone is 1. The Morgan fingerprint density at radius 2 is 2.12 bits per heavy atom. The van der Waals surface area contributed by atoms with Gasteiger partial charge in [-0.15, -0.1) is 0 Å². The Hall–Kier alpha value is -2.44. The normalized spacial score (nSPS) is 21.6. The first-order valence-corrected chi connectivity index (χ1v) is 12.3. The second-order valence-electron chi connectivity index (χ2n) is 10.2. The number of ether oxygens (including phenoxy) is 1. The summed E-state index contributed by atoms with van der Waals surface area (Å²) in [6.07, 6.45) is 14.6. The first-order chi connectivity index (χ1) is 15.9. The van der Waals surface area contributed by atoms with E-state index in [1.165, 1.54) is 31.3 Å². The van der Waals surface area contributed by atoms with Crippen molar-refractivity contribution in [2.45, 2.75) is 77.2 Å². The van der Waals surface area contributed by atoms with Crippen LogP contribution in [0.3, 0.4) is 0 Å². The van der Waals surface area contributed by atoms with Gasteiger partial charge in [0.2, 0.25) is 6.73 Å². The molecule has 1 aliphatic carbocycles. The molecule has 3 N–H and O–H groups in total. The first kappa shape index (κ1) is 23.7. The zero-order valence-electron chi connectivity index (χ0n) is 19.7. The van der Waals surface area contributed by atoms with Crippen LogP contribution in [0.1, 0.15) is 70.3 Å². The van der Waals surface area contributed by atoms with Gasteiger partial charge in [0.05, 0.1) is 6.10 Å². The third-order valence-electron chi connectivity index (χ3n) is 7.30. The Morgan fingerprint density at radius 1 is 1.30 bits per heavy atom. The van der Waals surface area contributed by atoms with Crippen LogP contribution in [-0.2, 0) is 11.2 Å². The molecule has 2 atom stereocenters. The van der Waals surface area contributed by atoms with Crippen LogP contribution in [0.5, 0.6) is 11.5 Å². The molecule has 6 heteroatoms. The summed E-state index contributed by atoms with van der Waals surface area (Å²) in [6.45, 7) is 3.58. The highest BCUT2D eigenvalue weighted by atomic mass is 16.5. The molecular weight excluding hydrogens is 416 g/mol. The highest BCUT2D eigenvalue weighted by molar-refractivity contribution is 5.80. The maximum absolute atomic E-state index is 12.4. The lowest BCUT2D eigenvalue weighted by molar-refractivity contribution is -0.854. The standard InChI is InChI=1S/C27H36N2O4/c1-27(11-2-3-12-27)13-4-5-22(30)16-23(31)8-6-20-7-9-25(32)26(15-20)33-19-29-17-21-10-14-28-24(21)18-29/h7,9-10,14-15,18,22,30,32H,2-6,8,11-13,16-17,19H2,1H3/p+1. The number of rotatable bonds is 12. The molecule has 178 valence electrons. The van der Waals surface area contributed by atoms with E-state index in [2.05, 4.69) is 11.9 Å². The second kappa shape index (κ2) is 10.7. The topological polar surface area (TPSA) is 83.6 Å². The molecule has 0 spiro atoms. The molecule has 2 heterocycles. The van der Waals surface area contributed by atoms with E-state index >= 15 is 0 Å². The first-order valence-electron chi connectivity index (χ1n) is 12.3. The van der Waals surface area contributed by atoms with Crippen LogP contribution in [0, 0.1) is 5.41 Å². The Balaban J connectivity index is 1.18. The second-order valence-corrected chi connectivity index (χ2v) is 10.2. The van der Waals surface area contributed by atoms with Gasteiger partial charge in [-0.1, -0.05) is 32.3 Å². The van der Waals surface area contributed by atoms with E-state index in [9.17, 15) is 15.0 Å². The molecule has 0 aromatic heterocycles. The van der Waals surface area contributed by atoms with Gasteiger partial charge in [-0.2, -0.15) is 0 Å². The van der Waals surface area contributed by atoms with Crippen molar-refractivity contribution in [1.29, 1.82) is 0 Å². The lowest BCUT2D eigenvalue weighted by Gasteiger charge is -2.23. The largest absolute Gasteiger partial charge is 0.504 e. The number of carbonyl (C=O) groups is 1. The molecule has 3 aliphatic rings. The molecular formula is C27H37N2O4+. The fraction of sp³-hybridized carbons (Fsp3) is 0.556. The SMILES string of the molecule is CC1(CCCC(O)CC(=O)CCc2ccc(O)c(OC[NH+]3C=C4N=CC=C4C3)c2)CCCC1. The van der Waals surface area contributed by atoms with Crippen LogP contribution in [0.4, 0.5) is 0 Å². The van der Waals surface area contributed by atoms with Crippen molar-refractivity contribution in [2.75, 3.05) is 13.3 Å². The monoisotopic (exact) mass is 453 g/mol. The molecule has 1 aromatic carbocycles. The molecule has 0 amide bonds. The molecule has 4 rings (SSSR count). The number of nitrogens with zero attached hydrogens (tertiary/aromatic N) is 1. The quantitative estimate of drug-likeness (QED) is 0.452. The maximum atomic E-state index is 12.4. The third kappa shape index (κ3) is 6.55. The van der Waals surface area contributed by atoms with Crippen molar-refractivity contribution in [3.63, 3.8) is 0 Å². The fourth-order valence-electron chi connectivity index (χ4n) is 5.23. The summed E-state index contributed by atoms with van der Waals surface area (Å²) in [5, 5.41) is 20.5. The van der Waals surface area contributed by atoms with Gasteiger partial charge >= 0.3 is 0 Å². The molecule has 0 bridgehead atoms. The van der Waals surface area contributed by atoms with Gasteiger partial charge in [0, 0.05) is 24.6 Å². The van der Waals surface area contributed by atoms with Crippen LogP contribution in [-0.4, -0.2) is 41.6 Å². The Morgan fingerprint density at radius 3 is 2.91 bits per heavy atom. The predicted octanol–water partition coefficient (Wildman–Crippen LogP) is 3.48. The van der Waals surface area contributed by atoms with Crippen LogP contribution in [0.25, 0.3) is 0 Å². The molecule has 0 saturated heterocycles. The van der Waals surface area contributed by atoms with Gasteiger partial charge in [0.25, 0.3) is 0 Å². The van der Waals surface area contributed by atoms with E-state index in [0.717, 1.165) is 35.5 Å². The predicted molar refractivity (Wildman–Crippen MR) is 128 cm³/mol. The summed E-state index contributed by atoms with van der Waals surface area (Å²) in [7, 11) is 0. The van der Waals surface area contributed by atoms with Crippen LogP contribution in [0.2, 0.25) is 0 Å². The van der Waals surface area contributed by atoms with Crippen molar-refractivity contribution < 1.29 is 24.6 Å². The minimum absolute atomic E-state index is 0.0821. The van der Waals surface area contributed by atoms with Gasteiger partial charge in [-0.05, 0) is 61.3 Å². The minimum Gasteiger partial charge on any atom is -0.504 e. The number of aliphatic imine (C=N–C) groups is 1. The average molecular weight is 454 g/mol. The number of Topliss-reactive ketones (excluding diaryl/α,β-unsaturated/α-hetero) is 1. The molecule has 2 unspecified atom stereocenters. The summed E-state index contributed by atoms with van der Waals surface area (Å²) in [5.74, 6) is 0.611. The number of aliphatic hydroxyl groups excluding tert-OH is 1. The van der Waals surface area contributed by atoms with Crippen molar-refractivity contribution in [3.05, 3.63) is 47.3 Å². The zero-order chi connectivity index (χ0) is 23.3. The number of aryl methyl sites for hydroxylation is 1. The molecule has 33 heavy (non-hydrogen) atoms. The summed E-state index contributed by atoms with van der Waals surface area (Å²) >= 11 is 0. The van der Waals surface area contributed by atoms with Gasteiger partial charge in [0.15, 0.2) is 11.5 Å². The highest BCUT2D eigenvalue weighted by Crippen LogP contribution is 2.41. The van der Waals surface area contributed by atoms with Gasteiger partial charge < -0.3 is 14.9 Å². The number of phenolic OH excluding ortho intramolecular Hbond substituents is 1. The molecule has 1 fully saturated rings. The summed E-state index contributed by atoms with van der Waals surface area (Å²) in [4.78, 5) is 17.8. The number of phenols is 1. The summed E-state index contributed by atoms with van der Waals surface area (Å²) in [6, 6.07) is 5.25. The number of ketones is 1. The number of aliphatic hydroxyl groups is 1. The van der Waals surface area contributed by atoms with E-state index in [1.54, 1.807) is 6.07 Å². The molecule has 0 radical (unpaired) electrons. The highest BCUT2D eigenvalue weighted by Gasteiger charge is 2.28. The molecule has 1 aromatic rings. The number of hydrogen-bond acceptors (Lipinski definition) is 5. The van der Waals surface area contributed by atoms with Crippen molar-refractivity contribution in [3.8, 4) is 11.5 Å². The van der Waals surface area contributed by atoms with Crippen molar-refractivity contribution >= 4 is 12.0 Å². The maximum Gasteiger partial charge on any atom is 0.227 e. The van der Waals surface area contributed by atoms with E-state index in [-0.39, 0.29) is 18.0 Å². The number of fused-ring (bicyclic) bond motifs is 1. The van der Waals surface area contributed by atoms with Crippen molar-refractivity contribution in [1.82, 2.24) is 0 Å². The average Bonchev–Trinajstić information content (AvgIpc) is 3.49. The number of benzene rings is 1. The lowest BCUT2D eigenvalue weighted by Crippen LogP contribution is -3.07. The Bertz CT molecular complexity index is 943. The molecule has 2 aliphatic heterocycles. The van der Waals surface area contributed by atoms with Crippen LogP contribution in [0.15, 0.2) is 46.7 Å². The van der Waals surface area contributed by atoms with Gasteiger partial charge in [-0.25, -0.2) is 0 Å². The van der Waals surface area contributed by atoms with E-state index in [4.69, 9.17) is 4.74 Å². The number of carbonyl (C=O) groups excluding carboxylic acids is 1. The molecule has 6 nitrogen and oxygen atoms in total. The zero-order valence-corrected chi connectivity index (χ0v) is 19.7. The summed E-state index contributed by atoms with van der Waals surface area (Å²) in [5.41, 5.74) is 3.60. The van der Waals surface area contributed by atoms with Crippen LogP contribution >= 0.6 is 0 Å². The lowest BCUT2D eigenvalue weighted by atomic mass is 9.83. The van der Waals surface area contributed by atoms with E-state index in [0.29, 0.717) is 37.2 Å². The van der Waals surface area contributed by atoms with E-state index < -0.39 is 6.10 Å². The molecule has 1 saturated carbocycles. The smallest absolute Gasteiger partial charge is 0.227 e.